The van der Waals surface area contributed by atoms with Crippen LogP contribution in [0.25, 0.3) is 0 Å². The summed E-state index contributed by atoms with van der Waals surface area (Å²) in [5.74, 6) is 0. The number of hydrogen-bond donors (Lipinski definition) is 1. The zero-order chi connectivity index (χ0) is 14.9. The van der Waals surface area contributed by atoms with E-state index in [1.54, 1.807) is 0 Å². The number of aliphatic hydroxyl groups is 1. The molecule has 0 aliphatic rings. The lowest BCUT2D eigenvalue weighted by Crippen LogP contribution is -2.25. The molecule has 0 saturated carbocycles. The largest absolute Gasteiger partial charge is 0.385 e. The second kappa shape index (κ2) is 5.59. The molecule has 2 aromatic carbocycles. The van der Waals surface area contributed by atoms with Gasteiger partial charge < -0.3 is 5.11 Å². The summed E-state index contributed by atoms with van der Waals surface area (Å²) in [7, 11) is 0. The summed E-state index contributed by atoms with van der Waals surface area (Å²) >= 11 is 6.22. The maximum atomic E-state index is 10.9. The van der Waals surface area contributed by atoms with E-state index in [0.29, 0.717) is 11.4 Å². The molecule has 1 N–H and O–H groups in total. The molecule has 1 nitrogen and oxygen atoms in total. The van der Waals surface area contributed by atoms with Gasteiger partial charge in [0.1, 0.15) is 0 Å². The Kier molecular flexibility index (Phi) is 4.22. The zero-order valence-electron chi connectivity index (χ0n) is 12.5. The van der Waals surface area contributed by atoms with Crippen molar-refractivity contribution in [3.05, 3.63) is 69.2 Å². The first-order valence-corrected chi connectivity index (χ1v) is 7.23. The highest BCUT2D eigenvalue weighted by Gasteiger charge is 2.27. The Labute approximate surface area is 126 Å². The van der Waals surface area contributed by atoms with Crippen LogP contribution in [0.3, 0.4) is 0 Å². The van der Waals surface area contributed by atoms with Crippen LogP contribution in [0, 0.1) is 20.8 Å². The van der Waals surface area contributed by atoms with Gasteiger partial charge in [-0.2, -0.15) is 0 Å². The van der Waals surface area contributed by atoms with Crippen molar-refractivity contribution in [3.63, 3.8) is 0 Å². The molecule has 106 valence electrons. The molecule has 1 unspecified atom stereocenters. The van der Waals surface area contributed by atoms with E-state index in [9.17, 15) is 5.11 Å². The standard InChI is InChI=1S/C18H21ClO/c1-12-9-13(2)15(14(3)10-12)11-18(4,20)16-7-5-6-8-17(16)19/h5-10,20H,11H2,1-4H3. The molecule has 0 amide bonds. The Morgan fingerprint density at radius 3 is 2.15 bits per heavy atom. The molecule has 20 heavy (non-hydrogen) atoms. The molecule has 0 heterocycles. The molecule has 0 aliphatic heterocycles. The summed E-state index contributed by atoms with van der Waals surface area (Å²) in [5.41, 5.74) is 4.69. The molecule has 2 rings (SSSR count). The maximum Gasteiger partial charge on any atom is 0.0923 e. The van der Waals surface area contributed by atoms with Gasteiger partial charge in [0.2, 0.25) is 0 Å². The minimum Gasteiger partial charge on any atom is -0.385 e. The highest BCUT2D eigenvalue weighted by atomic mass is 35.5. The summed E-state index contributed by atoms with van der Waals surface area (Å²) in [6.45, 7) is 8.11. The third-order valence-electron chi connectivity index (χ3n) is 3.82. The predicted molar refractivity (Wildman–Crippen MR) is 85.4 cm³/mol. The van der Waals surface area contributed by atoms with Crippen LogP contribution in [0.1, 0.15) is 34.7 Å². The maximum absolute atomic E-state index is 10.9. The molecular weight excluding hydrogens is 268 g/mol. The highest BCUT2D eigenvalue weighted by molar-refractivity contribution is 6.31. The number of aryl methyl sites for hydroxylation is 3. The molecule has 0 bridgehead atoms. The van der Waals surface area contributed by atoms with Gasteiger partial charge in [0.15, 0.2) is 0 Å². The van der Waals surface area contributed by atoms with Crippen LogP contribution in [0.2, 0.25) is 5.02 Å². The van der Waals surface area contributed by atoms with Crippen LogP contribution in [0.15, 0.2) is 36.4 Å². The first-order chi connectivity index (χ1) is 9.31. The van der Waals surface area contributed by atoms with Gasteiger partial charge in [-0.25, -0.2) is 0 Å². The van der Waals surface area contributed by atoms with Crippen molar-refractivity contribution in [1.29, 1.82) is 0 Å². The van der Waals surface area contributed by atoms with Gasteiger partial charge in [-0.1, -0.05) is 47.5 Å². The summed E-state index contributed by atoms with van der Waals surface area (Å²) in [6.07, 6.45) is 0.564. The van der Waals surface area contributed by atoms with Crippen LogP contribution in [-0.4, -0.2) is 5.11 Å². The number of benzene rings is 2. The van der Waals surface area contributed by atoms with E-state index >= 15 is 0 Å². The van der Waals surface area contributed by atoms with Crippen LogP contribution in [-0.2, 0) is 12.0 Å². The average molecular weight is 289 g/mol. The molecule has 0 spiro atoms. The van der Waals surface area contributed by atoms with Crippen LogP contribution in [0.4, 0.5) is 0 Å². The Morgan fingerprint density at radius 1 is 1.05 bits per heavy atom. The van der Waals surface area contributed by atoms with Crippen LogP contribution in [0.5, 0.6) is 0 Å². The number of rotatable bonds is 3. The van der Waals surface area contributed by atoms with Crippen LogP contribution < -0.4 is 0 Å². The van der Waals surface area contributed by atoms with Crippen molar-refractivity contribution in [1.82, 2.24) is 0 Å². The van der Waals surface area contributed by atoms with Gasteiger partial charge >= 0.3 is 0 Å². The van der Waals surface area contributed by atoms with E-state index in [0.717, 1.165) is 5.56 Å². The summed E-state index contributed by atoms with van der Waals surface area (Å²) in [6, 6.07) is 11.8. The zero-order valence-corrected chi connectivity index (χ0v) is 13.3. The number of halogens is 1. The van der Waals surface area contributed by atoms with Crippen molar-refractivity contribution >= 4 is 11.6 Å². The Hall–Kier alpha value is -1.31. The third kappa shape index (κ3) is 3.05. The molecule has 0 radical (unpaired) electrons. The molecule has 0 aliphatic carbocycles. The van der Waals surface area contributed by atoms with Gasteiger partial charge in [0.05, 0.1) is 5.60 Å². The monoisotopic (exact) mass is 288 g/mol. The predicted octanol–water partition coefficient (Wildman–Crippen LogP) is 4.72. The summed E-state index contributed by atoms with van der Waals surface area (Å²) < 4.78 is 0. The molecule has 0 aromatic heterocycles. The Balaban J connectivity index is 2.41. The first kappa shape index (κ1) is 15.1. The van der Waals surface area contributed by atoms with Crippen molar-refractivity contribution in [3.8, 4) is 0 Å². The summed E-state index contributed by atoms with van der Waals surface area (Å²) in [5, 5.41) is 11.5. The second-order valence-corrected chi connectivity index (χ2v) is 6.21. The van der Waals surface area contributed by atoms with Gasteiger partial charge in [0.25, 0.3) is 0 Å². The smallest absolute Gasteiger partial charge is 0.0923 e. The highest BCUT2D eigenvalue weighted by Crippen LogP contribution is 2.32. The Morgan fingerprint density at radius 2 is 1.60 bits per heavy atom. The number of hydrogen-bond acceptors (Lipinski definition) is 1. The normalized spacial score (nSPS) is 14.1. The second-order valence-electron chi connectivity index (χ2n) is 5.81. The lowest BCUT2D eigenvalue weighted by Gasteiger charge is -2.27. The van der Waals surface area contributed by atoms with Crippen molar-refractivity contribution in [2.75, 3.05) is 0 Å². The van der Waals surface area contributed by atoms with Gasteiger partial charge in [0, 0.05) is 17.0 Å². The molecule has 2 heteroatoms. The summed E-state index contributed by atoms with van der Waals surface area (Å²) in [4.78, 5) is 0. The van der Waals surface area contributed by atoms with Crippen molar-refractivity contribution in [2.24, 2.45) is 0 Å². The third-order valence-corrected chi connectivity index (χ3v) is 4.15. The van der Waals surface area contributed by atoms with E-state index in [4.69, 9.17) is 11.6 Å². The molecule has 0 fully saturated rings. The van der Waals surface area contributed by atoms with E-state index in [2.05, 4.69) is 32.9 Å². The van der Waals surface area contributed by atoms with E-state index < -0.39 is 5.60 Å². The lowest BCUT2D eigenvalue weighted by molar-refractivity contribution is 0.0574. The van der Waals surface area contributed by atoms with Gasteiger partial charge in [-0.05, 0) is 50.5 Å². The quantitative estimate of drug-likeness (QED) is 0.867. The SMILES string of the molecule is Cc1cc(C)c(CC(C)(O)c2ccccc2Cl)c(C)c1. The molecular formula is C18H21ClO. The topological polar surface area (TPSA) is 20.2 Å². The fourth-order valence-corrected chi connectivity index (χ4v) is 3.17. The first-order valence-electron chi connectivity index (χ1n) is 6.85. The van der Waals surface area contributed by atoms with Gasteiger partial charge in [-0.15, -0.1) is 0 Å². The minimum absolute atomic E-state index is 0.564. The van der Waals surface area contributed by atoms with E-state index in [1.165, 1.54) is 22.3 Å². The minimum atomic E-state index is -0.969. The van der Waals surface area contributed by atoms with Crippen molar-refractivity contribution in [2.45, 2.75) is 39.7 Å². The average Bonchev–Trinajstić information content (AvgIpc) is 2.34. The van der Waals surface area contributed by atoms with E-state index in [1.807, 2.05) is 31.2 Å². The fourth-order valence-electron chi connectivity index (χ4n) is 2.83. The molecule has 2 aromatic rings. The van der Waals surface area contributed by atoms with E-state index in [-0.39, 0.29) is 0 Å². The van der Waals surface area contributed by atoms with Crippen LogP contribution >= 0.6 is 11.6 Å². The molecule has 0 saturated heterocycles. The van der Waals surface area contributed by atoms with Gasteiger partial charge in [-0.3, -0.25) is 0 Å². The lowest BCUT2D eigenvalue weighted by atomic mass is 9.85. The Bertz CT molecular complexity index is 606. The van der Waals surface area contributed by atoms with Crippen molar-refractivity contribution < 1.29 is 5.11 Å². The molecule has 1 atom stereocenters. The fraction of sp³-hybridized carbons (Fsp3) is 0.333.